The summed E-state index contributed by atoms with van der Waals surface area (Å²) in [6, 6.07) is 0. The van der Waals surface area contributed by atoms with Gasteiger partial charge in [-0.2, -0.15) is 0 Å². The molecular weight excluding hydrogens is 376 g/mol. The third-order valence-corrected chi connectivity index (χ3v) is 11.6. The van der Waals surface area contributed by atoms with Crippen molar-refractivity contribution in [2.75, 3.05) is 0 Å². The van der Waals surface area contributed by atoms with E-state index in [0.717, 1.165) is 30.6 Å². The lowest BCUT2D eigenvalue weighted by Crippen LogP contribution is -2.53. The average molecular weight is 427 g/mol. The highest BCUT2D eigenvalue weighted by Gasteiger charge is 2.63. The molecule has 176 valence electrons. The molecule has 0 amide bonds. The third kappa shape index (κ3) is 3.60. The highest BCUT2D eigenvalue weighted by atomic mass is 16.3. The summed E-state index contributed by atoms with van der Waals surface area (Å²) in [5.41, 5.74) is 4.77. The molecule has 0 radical (unpaired) electrons. The molecule has 31 heavy (non-hydrogen) atoms. The summed E-state index contributed by atoms with van der Waals surface area (Å²) in [5.74, 6) is 3.83. The third-order valence-electron chi connectivity index (χ3n) is 11.6. The van der Waals surface area contributed by atoms with Gasteiger partial charge in [0.1, 0.15) is 0 Å². The summed E-state index contributed by atoms with van der Waals surface area (Å²) < 4.78 is 0. The molecule has 4 aliphatic rings. The number of allylic oxidation sites excluding steroid dienone is 4. The van der Waals surface area contributed by atoms with Crippen LogP contribution < -0.4 is 0 Å². The summed E-state index contributed by atoms with van der Waals surface area (Å²) in [7, 11) is 0. The zero-order valence-corrected chi connectivity index (χ0v) is 21.6. The van der Waals surface area contributed by atoms with Crippen LogP contribution in [-0.4, -0.2) is 11.2 Å². The molecule has 4 rings (SSSR count). The van der Waals surface area contributed by atoms with Crippen molar-refractivity contribution >= 4 is 0 Å². The topological polar surface area (TPSA) is 20.2 Å². The first-order valence-electron chi connectivity index (χ1n) is 13.6. The van der Waals surface area contributed by atoms with Crippen molar-refractivity contribution < 1.29 is 5.11 Å². The molecule has 0 aliphatic heterocycles. The second kappa shape index (κ2) is 8.34. The smallest absolute Gasteiger partial charge is 0.0543 e. The number of hydrogen-bond acceptors (Lipinski definition) is 1. The highest BCUT2D eigenvalue weighted by Crippen LogP contribution is 2.72. The predicted octanol–water partition coefficient (Wildman–Crippen LogP) is 8.34. The van der Waals surface area contributed by atoms with Gasteiger partial charge < -0.3 is 5.11 Å². The quantitative estimate of drug-likeness (QED) is 0.438. The largest absolute Gasteiger partial charge is 0.393 e. The van der Waals surface area contributed by atoms with E-state index in [1.54, 1.807) is 5.57 Å². The van der Waals surface area contributed by atoms with E-state index in [0.29, 0.717) is 28.1 Å². The van der Waals surface area contributed by atoms with Crippen LogP contribution in [0.25, 0.3) is 0 Å². The molecule has 8 atom stereocenters. The second-order valence-electron chi connectivity index (χ2n) is 13.0. The van der Waals surface area contributed by atoms with Gasteiger partial charge in [0, 0.05) is 0 Å². The Kier molecular flexibility index (Phi) is 6.35. The number of fused-ring (bicyclic) bond motifs is 5. The van der Waals surface area contributed by atoms with E-state index in [-0.39, 0.29) is 6.10 Å². The van der Waals surface area contributed by atoms with E-state index in [1.165, 1.54) is 51.4 Å². The number of aliphatic hydroxyl groups is 1. The van der Waals surface area contributed by atoms with Gasteiger partial charge in [0.15, 0.2) is 0 Å². The van der Waals surface area contributed by atoms with Gasteiger partial charge in [-0.25, -0.2) is 0 Å². The van der Waals surface area contributed by atoms with Crippen LogP contribution in [0.4, 0.5) is 0 Å². The number of rotatable bonds is 5. The van der Waals surface area contributed by atoms with Crippen LogP contribution in [0.3, 0.4) is 0 Å². The standard InChI is InChI=1S/C30H50O/c1-8-22(20(2)3)10-9-21(4)25-14-17-30(7)27-12-11-23-19-24(31)13-16-28(23,5)26(27)15-18-29(25,30)6/h8,12,20-21,23-26,31H,9-11,13-19H2,1-7H3/b22-8+/t21-,23+,24+,25-,26+,28+,29-,30+/m1/s1. The molecule has 1 nitrogen and oxygen atoms in total. The van der Waals surface area contributed by atoms with Gasteiger partial charge in [0.05, 0.1) is 6.10 Å². The zero-order valence-electron chi connectivity index (χ0n) is 21.6. The molecule has 0 unspecified atom stereocenters. The molecule has 3 fully saturated rings. The molecule has 0 aromatic rings. The Bertz CT molecular complexity index is 731. The molecule has 0 aromatic heterocycles. The van der Waals surface area contributed by atoms with Gasteiger partial charge in [0.25, 0.3) is 0 Å². The van der Waals surface area contributed by atoms with Crippen molar-refractivity contribution in [1.29, 1.82) is 0 Å². The Morgan fingerprint density at radius 3 is 2.52 bits per heavy atom. The first-order valence-corrected chi connectivity index (χ1v) is 13.6. The minimum Gasteiger partial charge on any atom is -0.393 e. The molecule has 1 N–H and O–H groups in total. The fraction of sp³-hybridized carbons (Fsp3) is 0.867. The van der Waals surface area contributed by atoms with Crippen molar-refractivity contribution in [3.8, 4) is 0 Å². The lowest BCUT2D eigenvalue weighted by atomic mass is 9.43. The lowest BCUT2D eigenvalue weighted by Gasteiger charge is -2.61. The Morgan fingerprint density at radius 1 is 1.10 bits per heavy atom. The second-order valence-corrected chi connectivity index (χ2v) is 13.0. The first-order chi connectivity index (χ1) is 14.6. The molecule has 3 saturated carbocycles. The Morgan fingerprint density at radius 2 is 1.84 bits per heavy atom. The van der Waals surface area contributed by atoms with Crippen molar-refractivity contribution in [3.63, 3.8) is 0 Å². The van der Waals surface area contributed by atoms with Crippen molar-refractivity contribution in [2.24, 2.45) is 45.8 Å². The van der Waals surface area contributed by atoms with Crippen LogP contribution in [0.15, 0.2) is 23.3 Å². The summed E-state index contributed by atoms with van der Waals surface area (Å²) in [6.07, 6.45) is 17.8. The maximum Gasteiger partial charge on any atom is 0.0543 e. The van der Waals surface area contributed by atoms with Crippen LogP contribution in [0, 0.1) is 45.8 Å². The van der Waals surface area contributed by atoms with Crippen LogP contribution in [0.2, 0.25) is 0 Å². The number of hydrogen-bond donors (Lipinski definition) is 1. The Hall–Kier alpha value is -0.560. The SMILES string of the molecule is C/C=C(\CC[C@@H](C)[C@H]1CC[C@@]2(C)C3=CC[C@H]4C[C@@H](O)CC[C@]4(C)[C@H]3CC[C@]12C)C(C)C. The van der Waals surface area contributed by atoms with E-state index in [2.05, 4.69) is 60.6 Å². The molecule has 0 bridgehead atoms. The highest BCUT2D eigenvalue weighted by molar-refractivity contribution is 5.32. The van der Waals surface area contributed by atoms with Crippen molar-refractivity contribution in [1.82, 2.24) is 0 Å². The van der Waals surface area contributed by atoms with Crippen LogP contribution in [0.1, 0.15) is 113 Å². The Balaban J connectivity index is 1.55. The normalized spacial score (nSPS) is 46.2. The predicted molar refractivity (Wildman–Crippen MR) is 133 cm³/mol. The Labute approximate surface area is 193 Å². The van der Waals surface area contributed by atoms with Crippen LogP contribution in [-0.2, 0) is 0 Å². The van der Waals surface area contributed by atoms with Gasteiger partial charge in [-0.05, 0) is 117 Å². The summed E-state index contributed by atoms with van der Waals surface area (Å²) in [5, 5.41) is 10.3. The lowest BCUT2D eigenvalue weighted by molar-refractivity contribution is -0.0627. The maximum absolute atomic E-state index is 10.3. The molecule has 0 saturated heterocycles. The maximum atomic E-state index is 10.3. The summed E-state index contributed by atoms with van der Waals surface area (Å²) in [4.78, 5) is 0. The molecular formula is C30H50O. The van der Waals surface area contributed by atoms with Crippen molar-refractivity contribution in [3.05, 3.63) is 23.3 Å². The van der Waals surface area contributed by atoms with Gasteiger partial charge in [-0.15, -0.1) is 0 Å². The van der Waals surface area contributed by atoms with E-state index < -0.39 is 0 Å². The summed E-state index contributed by atoms with van der Waals surface area (Å²) in [6.45, 7) is 17.4. The van der Waals surface area contributed by atoms with Crippen LogP contribution >= 0.6 is 0 Å². The van der Waals surface area contributed by atoms with Gasteiger partial charge in [-0.1, -0.05) is 64.8 Å². The monoisotopic (exact) mass is 426 g/mol. The molecule has 0 aromatic carbocycles. The van der Waals surface area contributed by atoms with Crippen molar-refractivity contribution in [2.45, 2.75) is 119 Å². The van der Waals surface area contributed by atoms with E-state index >= 15 is 0 Å². The molecule has 1 heteroatoms. The van der Waals surface area contributed by atoms with Gasteiger partial charge in [-0.3, -0.25) is 0 Å². The fourth-order valence-corrected chi connectivity index (χ4v) is 9.19. The van der Waals surface area contributed by atoms with E-state index in [4.69, 9.17) is 0 Å². The van der Waals surface area contributed by atoms with E-state index in [1.807, 2.05) is 5.57 Å². The molecule has 0 heterocycles. The van der Waals surface area contributed by atoms with Gasteiger partial charge >= 0.3 is 0 Å². The first kappa shape index (κ1) is 23.6. The summed E-state index contributed by atoms with van der Waals surface area (Å²) >= 11 is 0. The van der Waals surface area contributed by atoms with E-state index in [9.17, 15) is 5.11 Å². The van der Waals surface area contributed by atoms with Gasteiger partial charge in [0.2, 0.25) is 0 Å². The zero-order chi connectivity index (χ0) is 22.6. The minimum atomic E-state index is -0.0536. The molecule has 4 aliphatic carbocycles. The van der Waals surface area contributed by atoms with Crippen LogP contribution in [0.5, 0.6) is 0 Å². The minimum absolute atomic E-state index is 0.0536. The molecule has 0 spiro atoms. The fourth-order valence-electron chi connectivity index (χ4n) is 9.19. The average Bonchev–Trinajstić information content (AvgIpc) is 3.00. The number of aliphatic hydroxyl groups excluding tert-OH is 1.